The average Bonchev–Trinajstić information content (AvgIpc) is 2.96. The first kappa shape index (κ1) is 17.0. The third-order valence-corrected chi connectivity index (χ3v) is 5.12. The third kappa shape index (κ3) is 3.05. The van der Waals surface area contributed by atoms with Crippen molar-refractivity contribution >= 4 is 6.09 Å². The summed E-state index contributed by atoms with van der Waals surface area (Å²) in [5.74, 6) is -3.05. The Morgan fingerprint density at radius 2 is 1.73 bits per heavy atom. The number of fused-ring (bicyclic) bond motifs is 3. The Hall–Kier alpha value is -2.47. The highest BCUT2D eigenvalue weighted by Gasteiger charge is 2.42. The number of ether oxygens (including phenoxy) is 1. The lowest BCUT2D eigenvalue weighted by atomic mass is 9.98. The quantitative estimate of drug-likeness (QED) is 0.883. The van der Waals surface area contributed by atoms with Crippen LogP contribution in [-0.4, -0.2) is 37.8 Å². The zero-order chi connectivity index (χ0) is 18.1. The van der Waals surface area contributed by atoms with E-state index in [4.69, 9.17) is 4.74 Å². The molecule has 2 aliphatic rings. The number of halogens is 2. The first-order valence-corrected chi connectivity index (χ1v) is 8.76. The standard InChI is InChI=1S/C20H20F2N2O2/c21-20(22)12-23-10-9-18(20)24-19(25)26-11-17-15-7-3-1-5-13(15)14-6-2-4-8-16(14)17/h1-8,17-18,23H,9-12H2,(H,24,25). The van der Waals surface area contributed by atoms with E-state index < -0.39 is 24.6 Å². The fraction of sp³-hybridized carbons (Fsp3) is 0.350. The molecule has 0 spiro atoms. The van der Waals surface area contributed by atoms with Crippen LogP contribution in [0.5, 0.6) is 0 Å². The summed E-state index contributed by atoms with van der Waals surface area (Å²) in [7, 11) is 0. The molecule has 4 rings (SSSR count). The van der Waals surface area contributed by atoms with Gasteiger partial charge in [0.15, 0.2) is 0 Å². The third-order valence-electron chi connectivity index (χ3n) is 5.12. The summed E-state index contributed by atoms with van der Waals surface area (Å²) < 4.78 is 33.0. The Bertz CT molecular complexity index is 779. The molecule has 2 N–H and O–H groups in total. The summed E-state index contributed by atoms with van der Waals surface area (Å²) in [5.41, 5.74) is 4.44. The van der Waals surface area contributed by atoms with E-state index >= 15 is 0 Å². The topological polar surface area (TPSA) is 50.4 Å². The number of alkyl halides is 2. The van der Waals surface area contributed by atoms with Gasteiger partial charge in [-0.25, -0.2) is 13.6 Å². The van der Waals surface area contributed by atoms with Crippen LogP contribution in [0.15, 0.2) is 48.5 Å². The van der Waals surface area contributed by atoms with Crippen LogP contribution in [0.25, 0.3) is 11.1 Å². The van der Waals surface area contributed by atoms with Gasteiger partial charge in [0, 0.05) is 5.92 Å². The highest BCUT2D eigenvalue weighted by atomic mass is 19.3. The van der Waals surface area contributed by atoms with E-state index in [2.05, 4.69) is 10.6 Å². The highest BCUT2D eigenvalue weighted by Crippen LogP contribution is 2.44. The molecule has 136 valence electrons. The van der Waals surface area contributed by atoms with Crippen LogP contribution in [0.4, 0.5) is 13.6 Å². The number of piperidine rings is 1. The Kier molecular flexibility index (Phi) is 4.36. The minimum Gasteiger partial charge on any atom is -0.449 e. The number of hydrogen-bond donors (Lipinski definition) is 2. The number of benzene rings is 2. The van der Waals surface area contributed by atoms with Crippen molar-refractivity contribution in [2.45, 2.75) is 24.3 Å². The van der Waals surface area contributed by atoms with Gasteiger partial charge in [-0.05, 0) is 35.2 Å². The first-order chi connectivity index (χ1) is 12.6. The van der Waals surface area contributed by atoms with Crippen LogP contribution >= 0.6 is 0 Å². The van der Waals surface area contributed by atoms with Gasteiger partial charge in [-0.2, -0.15) is 0 Å². The number of alkyl carbamates (subject to hydrolysis) is 1. The van der Waals surface area contributed by atoms with Crippen molar-refractivity contribution in [2.24, 2.45) is 0 Å². The van der Waals surface area contributed by atoms with Crippen LogP contribution in [-0.2, 0) is 4.74 Å². The molecule has 1 atom stereocenters. The molecule has 4 nitrogen and oxygen atoms in total. The van der Waals surface area contributed by atoms with Gasteiger partial charge in [-0.3, -0.25) is 0 Å². The summed E-state index contributed by atoms with van der Waals surface area (Å²) in [4.78, 5) is 12.1. The molecule has 0 aromatic heterocycles. The molecule has 26 heavy (non-hydrogen) atoms. The van der Waals surface area contributed by atoms with E-state index in [0.717, 1.165) is 22.3 Å². The van der Waals surface area contributed by atoms with Gasteiger partial charge in [0.05, 0.1) is 12.6 Å². The molecule has 2 aromatic rings. The SMILES string of the molecule is O=C(NC1CCNCC1(F)F)OCC1c2ccccc2-c2ccccc21. The van der Waals surface area contributed by atoms with Crippen molar-refractivity contribution in [3.8, 4) is 11.1 Å². The number of rotatable bonds is 3. The Morgan fingerprint density at radius 3 is 2.35 bits per heavy atom. The zero-order valence-electron chi connectivity index (χ0n) is 14.2. The number of hydrogen-bond acceptors (Lipinski definition) is 3. The molecule has 0 saturated carbocycles. The molecule has 1 aliphatic carbocycles. The van der Waals surface area contributed by atoms with Crippen LogP contribution in [0.1, 0.15) is 23.5 Å². The molecule has 0 radical (unpaired) electrons. The largest absolute Gasteiger partial charge is 0.449 e. The Morgan fingerprint density at radius 1 is 1.12 bits per heavy atom. The fourth-order valence-corrected chi connectivity index (χ4v) is 3.80. The minimum absolute atomic E-state index is 0.0818. The summed E-state index contributed by atoms with van der Waals surface area (Å²) in [6.07, 6.45) is -0.615. The molecule has 1 unspecified atom stereocenters. The van der Waals surface area contributed by atoms with Gasteiger partial charge in [0.2, 0.25) is 0 Å². The van der Waals surface area contributed by atoms with Crippen molar-refractivity contribution in [1.29, 1.82) is 0 Å². The Balaban J connectivity index is 1.46. The van der Waals surface area contributed by atoms with E-state index in [-0.39, 0.29) is 18.9 Å². The first-order valence-electron chi connectivity index (χ1n) is 8.76. The maximum atomic E-state index is 13.8. The second kappa shape index (κ2) is 6.68. The summed E-state index contributed by atoms with van der Waals surface area (Å²) in [6, 6.07) is 14.8. The van der Waals surface area contributed by atoms with Crippen LogP contribution in [0, 0.1) is 0 Å². The van der Waals surface area contributed by atoms with Gasteiger partial charge >= 0.3 is 6.09 Å². The van der Waals surface area contributed by atoms with E-state index in [1.54, 1.807) is 0 Å². The number of amides is 1. The van der Waals surface area contributed by atoms with Gasteiger partial charge in [-0.15, -0.1) is 0 Å². The lowest BCUT2D eigenvalue weighted by molar-refractivity contribution is -0.0503. The maximum Gasteiger partial charge on any atom is 0.407 e. The molecular weight excluding hydrogens is 338 g/mol. The smallest absolute Gasteiger partial charge is 0.407 e. The molecular formula is C20H20F2N2O2. The van der Waals surface area contributed by atoms with E-state index in [1.165, 1.54) is 0 Å². The fourth-order valence-electron chi connectivity index (χ4n) is 3.80. The zero-order valence-corrected chi connectivity index (χ0v) is 14.2. The van der Waals surface area contributed by atoms with Crippen LogP contribution in [0.3, 0.4) is 0 Å². The number of nitrogens with one attached hydrogen (secondary N) is 2. The van der Waals surface area contributed by atoms with Crippen molar-refractivity contribution in [1.82, 2.24) is 10.6 Å². The summed E-state index contributed by atoms with van der Waals surface area (Å²) in [5, 5.41) is 4.96. The van der Waals surface area contributed by atoms with E-state index in [0.29, 0.717) is 6.54 Å². The van der Waals surface area contributed by atoms with E-state index in [9.17, 15) is 13.6 Å². The van der Waals surface area contributed by atoms with Gasteiger partial charge in [-0.1, -0.05) is 48.5 Å². The van der Waals surface area contributed by atoms with Crippen molar-refractivity contribution in [3.63, 3.8) is 0 Å². The van der Waals surface area contributed by atoms with Crippen molar-refractivity contribution in [3.05, 3.63) is 59.7 Å². The number of carbonyl (C=O) groups is 1. The van der Waals surface area contributed by atoms with Gasteiger partial charge in [0.1, 0.15) is 6.61 Å². The monoisotopic (exact) mass is 358 g/mol. The predicted molar refractivity (Wildman–Crippen MR) is 94.4 cm³/mol. The molecule has 0 bridgehead atoms. The second-order valence-electron chi connectivity index (χ2n) is 6.75. The normalized spacial score (nSPS) is 20.9. The summed E-state index contributed by atoms with van der Waals surface area (Å²) >= 11 is 0. The summed E-state index contributed by atoms with van der Waals surface area (Å²) in [6.45, 7) is 0.141. The lowest BCUT2D eigenvalue weighted by Crippen LogP contribution is -2.57. The Labute approximate surface area is 150 Å². The molecule has 1 amide bonds. The highest BCUT2D eigenvalue weighted by molar-refractivity contribution is 5.79. The lowest BCUT2D eigenvalue weighted by Gasteiger charge is -2.32. The molecule has 6 heteroatoms. The molecule has 1 heterocycles. The number of carbonyl (C=O) groups excluding carboxylic acids is 1. The van der Waals surface area contributed by atoms with Crippen molar-refractivity contribution < 1.29 is 18.3 Å². The molecule has 2 aromatic carbocycles. The maximum absolute atomic E-state index is 13.8. The average molecular weight is 358 g/mol. The molecule has 1 aliphatic heterocycles. The minimum atomic E-state index is -2.97. The molecule has 1 fully saturated rings. The van der Waals surface area contributed by atoms with Crippen molar-refractivity contribution in [2.75, 3.05) is 19.7 Å². The predicted octanol–water partition coefficient (Wildman–Crippen LogP) is 3.52. The molecule has 1 saturated heterocycles. The van der Waals surface area contributed by atoms with Gasteiger partial charge in [0.25, 0.3) is 5.92 Å². The van der Waals surface area contributed by atoms with Crippen LogP contribution in [0.2, 0.25) is 0 Å². The second-order valence-corrected chi connectivity index (χ2v) is 6.75. The van der Waals surface area contributed by atoms with E-state index in [1.807, 2.05) is 48.5 Å². The van der Waals surface area contributed by atoms with Gasteiger partial charge < -0.3 is 15.4 Å². The van der Waals surface area contributed by atoms with Crippen LogP contribution < -0.4 is 10.6 Å².